The van der Waals surface area contributed by atoms with Gasteiger partial charge < -0.3 is 0 Å². The van der Waals surface area contributed by atoms with E-state index in [0.29, 0.717) is 33.5 Å². The molecule has 1 atom stereocenters. The molecule has 0 fully saturated rings. The third-order valence-electron chi connectivity index (χ3n) is 3.18. The second-order valence-electron chi connectivity index (χ2n) is 4.76. The Hall–Kier alpha value is -0.840. The zero-order valence-electron chi connectivity index (χ0n) is 11.0. The molecule has 0 heterocycles. The first-order valence-corrected chi connectivity index (χ1v) is 7.47. The Morgan fingerprint density at radius 3 is 2.33 bits per heavy atom. The molecule has 0 saturated heterocycles. The Kier molecular flexibility index (Phi) is 5.85. The van der Waals surface area contributed by atoms with Crippen LogP contribution in [0.3, 0.4) is 0 Å². The van der Waals surface area contributed by atoms with Crippen molar-refractivity contribution in [1.29, 1.82) is 0 Å². The van der Waals surface area contributed by atoms with Crippen LogP contribution < -0.4 is 11.3 Å². The highest BCUT2D eigenvalue weighted by molar-refractivity contribution is 6.42. The first-order valence-electron chi connectivity index (χ1n) is 6.33. The van der Waals surface area contributed by atoms with Gasteiger partial charge in [-0.3, -0.25) is 11.3 Å². The Morgan fingerprint density at radius 1 is 0.952 bits per heavy atom. The lowest BCUT2D eigenvalue weighted by molar-refractivity contribution is 0.520. The monoisotopic (exact) mass is 346 g/mol. The van der Waals surface area contributed by atoms with Crippen LogP contribution in [-0.4, -0.2) is 6.04 Å². The van der Waals surface area contributed by atoms with Gasteiger partial charge in [0.15, 0.2) is 0 Å². The number of rotatable bonds is 5. The van der Waals surface area contributed by atoms with E-state index >= 15 is 0 Å². The van der Waals surface area contributed by atoms with Crippen molar-refractivity contribution >= 4 is 34.8 Å². The van der Waals surface area contributed by atoms with E-state index in [1.807, 2.05) is 6.07 Å². The third kappa shape index (κ3) is 4.56. The van der Waals surface area contributed by atoms with E-state index < -0.39 is 0 Å². The minimum atomic E-state index is -0.320. The lowest BCUT2D eigenvalue weighted by Gasteiger charge is -2.17. The van der Waals surface area contributed by atoms with Gasteiger partial charge in [-0.1, -0.05) is 40.9 Å². The highest BCUT2D eigenvalue weighted by atomic mass is 35.5. The molecule has 2 aromatic carbocycles. The average Bonchev–Trinajstić information content (AvgIpc) is 2.46. The van der Waals surface area contributed by atoms with Crippen LogP contribution in [0.1, 0.15) is 11.1 Å². The Morgan fingerprint density at radius 2 is 1.67 bits per heavy atom. The predicted molar refractivity (Wildman–Crippen MR) is 86.4 cm³/mol. The van der Waals surface area contributed by atoms with E-state index in [4.69, 9.17) is 40.6 Å². The number of benzene rings is 2. The highest BCUT2D eigenvalue weighted by Crippen LogP contribution is 2.24. The van der Waals surface area contributed by atoms with Crippen molar-refractivity contribution in [2.45, 2.75) is 18.9 Å². The summed E-state index contributed by atoms with van der Waals surface area (Å²) in [6, 6.07) is 9.60. The number of hydrogen-bond donors (Lipinski definition) is 2. The van der Waals surface area contributed by atoms with Gasteiger partial charge in [0.05, 0.1) is 10.0 Å². The van der Waals surface area contributed by atoms with Crippen LogP contribution in [0.25, 0.3) is 0 Å². The van der Waals surface area contributed by atoms with Crippen molar-refractivity contribution < 1.29 is 4.39 Å². The first-order chi connectivity index (χ1) is 9.99. The lowest BCUT2D eigenvalue weighted by atomic mass is 9.99. The molecule has 112 valence electrons. The number of hydrazine groups is 1. The Labute approximate surface area is 138 Å². The summed E-state index contributed by atoms with van der Waals surface area (Å²) in [7, 11) is 0. The fraction of sp³-hybridized carbons (Fsp3) is 0.200. The number of nitrogens with two attached hydrogens (primary N) is 1. The number of hydrogen-bond acceptors (Lipinski definition) is 2. The van der Waals surface area contributed by atoms with Gasteiger partial charge in [-0.2, -0.15) is 0 Å². The van der Waals surface area contributed by atoms with Gasteiger partial charge >= 0.3 is 0 Å². The van der Waals surface area contributed by atoms with E-state index in [1.54, 1.807) is 18.2 Å². The quantitative estimate of drug-likeness (QED) is 0.621. The van der Waals surface area contributed by atoms with Crippen LogP contribution >= 0.6 is 34.8 Å². The number of nitrogens with one attached hydrogen (secondary N) is 1. The molecule has 21 heavy (non-hydrogen) atoms. The van der Waals surface area contributed by atoms with E-state index in [-0.39, 0.29) is 11.9 Å². The summed E-state index contributed by atoms with van der Waals surface area (Å²) >= 11 is 18.0. The molecule has 0 aliphatic carbocycles. The van der Waals surface area contributed by atoms with Crippen LogP contribution in [0, 0.1) is 5.82 Å². The smallest absolute Gasteiger partial charge is 0.123 e. The molecular weight excluding hydrogens is 334 g/mol. The summed E-state index contributed by atoms with van der Waals surface area (Å²) in [5.74, 6) is 5.26. The van der Waals surface area contributed by atoms with Crippen LogP contribution in [-0.2, 0) is 12.8 Å². The molecular formula is C15H14Cl3FN2. The average molecular weight is 348 g/mol. The standard InChI is InChI=1S/C15H14Cl3FN2/c16-13-4-2-11(19)7-10(13)8-12(21-20)5-9-1-3-14(17)15(18)6-9/h1-4,6-7,12,21H,5,8,20H2. The summed E-state index contributed by atoms with van der Waals surface area (Å²) in [6.07, 6.45) is 1.13. The first kappa shape index (κ1) is 16.5. The summed E-state index contributed by atoms with van der Waals surface area (Å²) < 4.78 is 13.3. The zero-order valence-corrected chi connectivity index (χ0v) is 13.3. The summed E-state index contributed by atoms with van der Waals surface area (Å²) in [5.41, 5.74) is 4.42. The van der Waals surface area contributed by atoms with Crippen molar-refractivity contribution in [2.75, 3.05) is 0 Å². The molecule has 2 rings (SSSR count). The fourth-order valence-electron chi connectivity index (χ4n) is 2.11. The molecule has 0 aliphatic rings. The maximum absolute atomic E-state index is 13.3. The molecule has 1 unspecified atom stereocenters. The van der Waals surface area contributed by atoms with Gasteiger partial charge in [-0.25, -0.2) is 4.39 Å². The summed E-state index contributed by atoms with van der Waals surface area (Å²) in [4.78, 5) is 0. The van der Waals surface area contributed by atoms with E-state index in [2.05, 4.69) is 5.43 Å². The molecule has 0 saturated carbocycles. The summed E-state index contributed by atoms with van der Waals surface area (Å²) in [6.45, 7) is 0. The largest absolute Gasteiger partial charge is 0.271 e. The van der Waals surface area contributed by atoms with Crippen LogP contribution in [0.5, 0.6) is 0 Å². The van der Waals surface area contributed by atoms with Gasteiger partial charge in [-0.05, 0) is 54.3 Å². The molecule has 6 heteroatoms. The molecule has 2 aromatic rings. The Bertz CT molecular complexity index is 634. The summed E-state index contributed by atoms with van der Waals surface area (Å²) in [5, 5.41) is 1.52. The van der Waals surface area contributed by atoms with Crippen LogP contribution in [0.4, 0.5) is 4.39 Å². The van der Waals surface area contributed by atoms with Crippen molar-refractivity contribution in [2.24, 2.45) is 5.84 Å². The van der Waals surface area contributed by atoms with Gasteiger partial charge in [0.2, 0.25) is 0 Å². The van der Waals surface area contributed by atoms with Crippen molar-refractivity contribution in [3.05, 3.63) is 68.4 Å². The minimum Gasteiger partial charge on any atom is -0.271 e. The molecule has 0 radical (unpaired) electrons. The normalized spacial score (nSPS) is 12.4. The van der Waals surface area contributed by atoms with E-state index in [9.17, 15) is 4.39 Å². The predicted octanol–water partition coefficient (Wildman–Crippen LogP) is 4.40. The van der Waals surface area contributed by atoms with Crippen LogP contribution in [0.15, 0.2) is 36.4 Å². The topological polar surface area (TPSA) is 38.0 Å². The Balaban J connectivity index is 2.12. The van der Waals surface area contributed by atoms with Crippen molar-refractivity contribution in [3.63, 3.8) is 0 Å². The maximum Gasteiger partial charge on any atom is 0.123 e. The van der Waals surface area contributed by atoms with Gasteiger partial charge in [0.1, 0.15) is 5.82 Å². The molecule has 0 aromatic heterocycles. The molecule has 0 spiro atoms. The minimum absolute atomic E-state index is 0.0958. The van der Waals surface area contributed by atoms with E-state index in [0.717, 1.165) is 5.56 Å². The highest BCUT2D eigenvalue weighted by Gasteiger charge is 2.13. The molecule has 3 N–H and O–H groups in total. The third-order valence-corrected chi connectivity index (χ3v) is 4.28. The van der Waals surface area contributed by atoms with Crippen molar-refractivity contribution in [3.8, 4) is 0 Å². The van der Waals surface area contributed by atoms with Crippen molar-refractivity contribution in [1.82, 2.24) is 5.43 Å². The number of halogens is 4. The molecule has 0 bridgehead atoms. The van der Waals surface area contributed by atoms with Crippen LogP contribution in [0.2, 0.25) is 15.1 Å². The maximum atomic E-state index is 13.3. The molecule has 0 aliphatic heterocycles. The SMILES string of the molecule is NNC(Cc1ccc(Cl)c(Cl)c1)Cc1cc(F)ccc1Cl. The molecule has 2 nitrogen and oxygen atoms in total. The second-order valence-corrected chi connectivity index (χ2v) is 5.98. The molecule has 0 amide bonds. The zero-order chi connectivity index (χ0) is 15.4. The lowest BCUT2D eigenvalue weighted by Crippen LogP contribution is -2.38. The fourth-order valence-corrected chi connectivity index (χ4v) is 2.62. The van der Waals surface area contributed by atoms with Gasteiger partial charge in [0, 0.05) is 11.1 Å². The van der Waals surface area contributed by atoms with Gasteiger partial charge in [-0.15, -0.1) is 0 Å². The van der Waals surface area contributed by atoms with E-state index in [1.165, 1.54) is 12.1 Å². The van der Waals surface area contributed by atoms with Gasteiger partial charge in [0.25, 0.3) is 0 Å². The second kappa shape index (κ2) is 7.43.